The molecule has 0 radical (unpaired) electrons. The third kappa shape index (κ3) is 2.22. The lowest BCUT2D eigenvalue weighted by Gasteiger charge is -2.09. The molecule has 1 aromatic heterocycles. The molecule has 0 bridgehead atoms. The molecule has 2 rings (SSSR count). The summed E-state index contributed by atoms with van der Waals surface area (Å²) in [4.78, 5) is 0. The van der Waals surface area contributed by atoms with Crippen molar-refractivity contribution in [3.63, 3.8) is 0 Å². The van der Waals surface area contributed by atoms with Crippen molar-refractivity contribution in [3.8, 4) is 0 Å². The average Bonchev–Trinajstić information content (AvgIpc) is 2.60. The Balaban J connectivity index is 2.36. The first-order valence-electron chi connectivity index (χ1n) is 4.74. The molecule has 2 N–H and O–H groups in total. The van der Waals surface area contributed by atoms with Gasteiger partial charge in [0, 0.05) is 21.6 Å². The van der Waals surface area contributed by atoms with Gasteiger partial charge in [0.05, 0.1) is 19.3 Å². The molecular formula is C11H12BrNO2. The molecule has 1 heterocycles. The van der Waals surface area contributed by atoms with E-state index in [2.05, 4.69) is 15.9 Å². The fourth-order valence-corrected chi connectivity index (χ4v) is 1.99. The maximum Gasteiger partial charge on any atom is 0.0949 e. The van der Waals surface area contributed by atoms with Gasteiger partial charge >= 0.3 is 0 Å². The topological polar surface area (TPSA) is 45.4 Å². The van der Waals surface area contributed by atoms with Gasteiger partial charge in [-0.3, -0.25) is 0 Å². The summed E-state index contributed by atoms with van der Waals surface area (Å²) in [7, 11) is 0. The fourth-order valence-electron chi connectivity index (χ4n) is 1.61. The van der Waals surface area contributed by atoms with Gasteiger partial charge in [-0.25, -0.2) is 0 Å². The normalized spacial score (nSPS) is 13.3. The summed E-state index contributed by atoms with van der Waals surface area (Å²) in [6.45, 7) is 0.206. The third-order valence-corrected chi connectivity index (χ3v) is 2.84. The van der Waals surface area contributed by atoms with Crippen molar-refractivity contribution in [1.29, 1.82) is 0 Å². The zero-order chi connectivity index (χ0) is 10.8. The van der Waals surface area contributed by atoms with Crippen LogP contribution in [-0.2, 0) is 6.54 Å². The second-order valence-electron chi connectivity index (χ2n) is 3.51. The third-order valence-electron chi connectivity index (χ3n) is 2.35. The van der Waals surface area contributed by atoms with E-state index >= 15 is 0 Å². The molecule has 3 nitrogen and oxygen atoms in total. The van der Waals surface area contributed by atoms with Crippen LogP contribution in [0.25, 0.3) is 10.9 Å². The van der Waals surface area contributed by atoms with Crippen LogP contribution in [0.3, 0.4) is 0 Å². The molecule has 0 aliphatic carbocycles. The van der Waals surface area contributed by atoms with Crippen LogP contribution in [0, 0.1) is 0 Å². The number of hydrogen-bond donors (Lipinski definition) is 2. The van der Waals surface area contributed by atoms with E-state index in [1.54, 1.807) is 0 Å². The fraction of sp³-hybridized carbons (Fsp3) is 0.273. The van der Waals surface area contributed by atoms with Gasteiger partial charge in [0.15, 0.2) is 0 Å². The number of rotatable bonds is 3. The quantitative estimate of drug-likeness (QED) is 0.892. The molecule has 0 fully saturated rings. The molecule has 0 aliphatic rings. The Morgan fingerprint density at radius 2 is 2.13 bits per heavy atom. The zero-order valence-electron chi connectivity index (χ0n) is 8.10. The predicted octanol–water partition coefficient (Wildman–Crippen LogP) is 1.76. The monoisotopic (exact) mass is 269 g/mol. The van der Waals surface area contributed by atoms with E-state index in [4.69, 9.17) is 5.11 Å². The van der Waals surface area contributed by atoms with E-state index in [1.165, 1.54) is 0 Å². The molecule has 0 saturated carbocycles. The van der Waals surface area contributed by atoms with Crippen LogP contribution in [0.4, 0.5) is 0 Å². The molecule has 0 aliphatic heterocycles. The summed E-state index contributed by atoms with van der Waals surface area (Å²) in [5.41, 5.74) is 1.06. The van der Waals surface area contributed by atoms with Crippen molar-refractivity contribution in [2.24, 2.45) is 0 Å². The largest absolute Gasteiger partial charge is 0.394 e. The van der Waals surface area contributed by atoms with Crippen LogP contribution < -0.4 is 0 Å². The van der Waals surface area contributed by atoms with Gasteiger partial charge < -0.3 is 14.8 Å². The van der Waals surface area contributed by atoms with E-state index in [9.17, 15) is 5.11 Å². The highest BCUT2D eigenvalue weighted by Gasteiger charge is 2.06. The van der Waals surface area contributed by atoms with E-state index in [0.717, 1.165) is 15.4 Å². The Bertz CT molecular complexity index is 467. The lowest BCUT2D eigenvalue weighted by molar-refractivity contribution is 0.0822. The maximum absolute atomic E-state index is 9.36. The average molecular weight is 270 g/mol. The molecule has 1 aromatic carbocycles. The second-order valence-corrected chi connectivity index (χ2v) is 4.42. The summed E-state index contributed by atoms with van der Waals surface area (Å²) >= 11 is 3.41. The molecule has 4 heteroatoms. The van der Waals surface area contributed by atoms with Crippen molar-refractivity contribution < 1.29 is 10.2 Å². The second kappa shape index (κ2) is 4.35. The highest BCUT2D eigenvalue weighted by molar-refractivity contribution is 9.10. The number of nitrogens with zero attached hydrogens (tertiary/aromatic N) is 1. The summed E-state index contributed by atoms with van der Waals surface area (Å²) in [5.74, 6) is 0. The van der Waals surface area contributed by atoms with Crippen molar-refractivity contribution in [1.82, 2.24) is 4.57 Å². The van der Waals surface area contributed by atoms with Crippen molar-refractivity contribution in [3.05, 3.63) is 34.9 Å². The highest BCUT2D eigenvalue weighted by atomic mass is 79.9. The van der Waals surface area contributed by atoms with Crippen molar-refractivity contribution >= 4 is 26.8 Å². The number of benzene rings is 1. The zero-order valence-corrected chi connectivity index (χ0v) is 9.68. The maximum atomic E-state index is 9.36. The van der Waals surface area contributed by atoms with Crippen LogP contribution >= 0.6 is 15.9 Å². The Labute approximate surface area is 96.1 Å². The highest BCUT2D eigenvalue weighted by Crippen LogP contribution is 2.20. The van der Waals surface area contributed by atoms with Gasteiger partial charge in [-0.1, -0.05) is 15.9 Å². The first-order valence-corrected chi connectivity index (χ1v) is 5.53. The number of halogens is 1. The smallest absolute Gasteiger partial charge is 0.0949 e. The Morgan fingerprint density at radius 3 is 2.87 bits per heavy atom. The number of hydrogen-bond acceptors (Lipinski definition) is 2. The van der Waals surface area contributed by atoms with Crippen LogP contribution in [0.15, 0.2) is 34.9 Å². The standard InChI is InChI=1S/C11H12BrNO2/c12-9-1-2-11-8(5-9)3-4-13(11)6-10(15)7-14/h1-5,10,14-15H,6-7H2/t10-/m0/s1. The molecule has 0 spiro atoms. The van der Waals surface area contributed by atoms with Gasteiger partial charge in [0.25, 0.3) is 0 Å². The summed E-state index contributed by atoms with van der Waals surface area (Å²) in [6, 6.07) is 7.97. The predicted molar refractivity (Wildman–Crippen MR) is 62.7 cm³/mol. The Hall–Kier alpha value is -0.840. The van der Waals surface area contributed by atoms with E-state index in [1.807, 2.05) is 35.0 Å². The summed E-state index contributed by atoms with van der Waals surface area (Å²) < 4.78 is 2.97. The Kier molecular flexibility index (Phi) is 3.09. The molecule has 0 saturated heterocycles. The van der Waals surface area contributed by atoms with Gasteiger partial charge in [0.1, 0.15) is 0 Å². The molecular weight excluding hydrogens is 258 g/mol. The summed E-state index contributed by atoms with van der Waals surface area (Å²) in [6.07, 6.45) is 1.21. The number of fused-ring (bicyclic) bond motifs is 1. The first kappa shape index (κ1) is 10.7. The molecule has 80 valence electrons. The lowest BCUT2D eigenvalue weighted by Crippen LogP contribution is -2.19. The SMILES string of the molecule is OC[C@@H](O)Cn1ccc2cc(Br)ccc21. The van der Waals surface area contributed by atoms with Gasteiger partial charge in [-0.15, -0.1) is 0 Å². The number of aliphatic hydroxyl groups is 2. The van der Waals surface area contributed by atoms with Crippen LogP contribution in [-0.4, -0.2) is 27.5 Å². The van der Waals surface area contributed by atoms with Crippen LogP contribution in [0.5, 0.6) is 0 Å². The van der Waals surface area contributed by atoms with Crippen molar-refractivity contribution in [2.75, 3.05) is 6.61 Å². The molecule has 0 amide bonds. The number of aliphatic hydroxyl groups excluding tert-OH is 2. The lowest BCUT2D eigenvalue weighted by atomic mass is 10.2. The van der Waals surface area contributed by atoms with E-state index in [-0.39, 0.29) is 6.61 Å². The molecule has 1 atom stereocenters. The Morgan fingerprint density at radius 1 is 1.33 bits per heavy atom. The molecule has 15 heavy (non-hydrogen) atoms. The van der Waals surface area contributed by atoms with Gasteiger partial charge in [0.2, 0.25) is 0 Å². The van der Waals surface area contributed by atoms with Crippen LogP contribution in [0.2, 0.25) is 0 Å². The van der Waals surface area contributed by atoms with Crippen molar-refractivity contribution in [2.45, 2.75) is 12.6 Å². The van der Waals surface area contributed by atoms with Crippen LogP contribution in [0.1, 0.15) is 0 Å². The van der Waals surface area contributed by atoms with E-state index in [0.29, 0.717) is 6.54 Å². The minimum absolute atomic E-state index is 0.212. The summed E-state index contributed by atoms with van der Waals surface area (Å²) in [5, 5.41) is 19.3. The molecule has 2 aromatic rings. The number of aromatic nitrogens is 1. The minimum atomic E-state index is -0.704. The first-order chi connectivity index (χ1) is 7.20. The van der Waals surface area contributed by atoms with Gasteiger partial charge in [-0.2, -0.15) is 0 Å². The van der Waals surface area contributed by atoms with E-state index < -0.39 is 6.10 Å². The molecule has 0 unspecified atom stereocenters. The minimum Gasteiger partial charge on any atom is -0.394 e. The van der Waals surface area contributed by atoms with Gasteiger partial charge in [-0.05, 0) is 24.3 Å².